The zero-order valence-corrected chi connectivity index (χ0v) is 15.3. The van der Waals surface area contributed by atoms with Gasteiger partial charge in [-0.15, -0.1) is 0 Å². The van der Waals surface area contributed by atoms with Gasteiger partial charge in [0.05, 0.1) is 11.1 Å². The Hall–Kier alpha value is -3.03. The lowest BCUT2D eigenvalue weighted by Crippen LogP contribution is -2.54. The van der Waals surface area contributed by atoms with Gasteiger partial charge in [-0.05, 0) is 44.2 Å². The summed E-state index contributed by atoms with van der Waals surface area (Å²) in [5.74, 6) is -1.95. The van der Waals surface area contributed by atoms with Crippen LogP contribution in [0.5, 0.6) is 0 Å². The molecule has 146 valence electrons. The minimum absolute atomic E-state index is 0.0887. The van der Waals surface area contributed by atoms with Crippen LogP contribution in [0.3, 0.4) is 0 Å². The molecule has 0 spiro atoms. The number of piperidine rings is 1. The van der Waals surface area contributed by atoms with Crippen molar-refractivity contribution in [3.05, 3.63) is 29.3 Å². The van der Waals surface area contributed by atoms with E-state index in [1.807, 2.05) is 0 Å². The van der Waals surface area contributed by atoms with E-state index in [2.05, 4.69) is 10.6 Å². The fraction of sp³-hybridized carbons (Fsp3) is 0.450. The maximum atomic E-state index is 13.0. The number of carbonyl (C=O) groups is 5. The second-order valence-electron chi connectivity index (χ2n) is 7.57. The summed E-state index contributed by atoms with van der Waals surface area (Å²) in [6.45, 7) is 0. The first-order valence-corrected chi connectivity index (χ1v) is 9.56. The van der Waals surface area contributed by atoms with Crippen LogP contribution in [0.15, 0.2) is 18.2 Å². The van der Waals surface area contributed by atoms with Crippen molar-refractivity contribution < 1.29 is 24.0 Å². The van der Waals surface area contributed by atoms with E-state index >= 15 is 0 Å². The van der Waals surface area contributed by atoms with Gasteiger partial charge >= 0.3 is 0 Å². The number of imide groups is 2. The molecule has 4 amide bonds. The summed E-state index contributed by atoms with van der Waals surface area (Å²) in [5.41, 5.74) is 1.11. The maximum Gasteiger partial charge on any atom is 0.264 e. The van der Waals surface area contributed by atoms with Gasteiger partial charge in [-0.25, -0.2) is 0 Å². The number of nitrogens with zero attached hydrogens (tertiary/aromatic N) is 1. The molecule has 28 heavy (non-hydrogen) atoms. The number of carbonyl (C=O) groups excluding carboxylic acids is 5. The van der Waals surface area contributed by atoms with Crippen molar-refractivity contribution in [3.8, 4) is 0 Å². The Labute approximate surface area is 161 Å². The molecule has 3 aliphatic rings. The Morgan fingerprint density at radius 2 is 1.75 bits per heavy atom. The second-order valence-corrected chi connectivity index (χ2v) is 7.57. The quantitative estimate of drug-likeness (QED) is 0.598. The highest BCUT2D eigenvalue weighted by Crippen LogP contribution is 2.34. The molecule has 8 heteroatoms. The number of fused-ring (bicyclic) bond motifs is 1. The molecule has 1 saturated carbocycles. The monoisotopic (exact) mass is 383 g/mol. The minimum atomic E-state index is -0.971. The standard InChI is InChI=1S/C20H21N3O5/c24-10-11-4-6-12(7-5-11)21-14-3-1-2-13-17(14)20(28)23(19(13)27)15-8-9-16(25)22-18(15)26/h1-3,10-12,15,21H,4-9H2,(H,22,25,26)/t11?,12?,15-/m0/s1. The fourth-order valence-electron chi connectivity index (χ4n) is 4.25. The normalized spacial score (nSPS) is 27.4. The van der Waals surface area contributed by atoms with E-state index in [9.17, 15) is 24.0 Å². The molecule has 2 heterocycles. The van der Waals surface area contributed by atoms with E-state index in [0.717, 1.165) is 36.9 Å². The van der Waals surface area contributed by atoms with Crippen LogP contribution in [0.1, 0.15) is 59.2 Å². The van der Waals surface area contributed by atoms with E-state index in [1.165, 1.54) is 0 Å². The summed E-state index contributed by atoms with van der Waals surface area (Å²) >= 11 is 0. The average Bonchev–Trinajstić information content (AvgIpc) is 2.94. The Balaban J connectivity index is 1.57. The lowest BCUT2D eigenvalue weighted by molar-refractivity contribution is -0.136. The number of hydrogen-bond acceptors (Lipinski definition) is 6. The Kier molecular flexibility index (Phi) is 4.70. The Morgan fingerprint density at radius 1 is 1.00 bits per heavy atom. The van der Waals surface area contributed by atoms with E-state index in [1.54, 1.807) is 18.2 Å². The summed E-state index contributed by atoms with van der Waals surface area (Å²) in [7, 11) is 0. The molecule has 0 aromatic heterocycles. The number of aldehydes is 1. The van der Waals surface area contributed by atoms with Crippen LogP contribution in [-0.4, -0.2) is 46.9 Å². The van der Waals surface area contributed by atoms with Gasteiger partial charge in [0.1, 0.15) is 12.3 Å². The second kappa shape index (κ2) is 7.18. The van der Waals surface area contributed by atoms with Gasteiger partial charge in [-0.1, -0.05) is 6.07 Å². The lowest BCUT2D eigenvalue weighted by Gasteiger charge is -2.28. The van der Waals surface area contributed by atoms with Crippen LogP contribution in [0.4, 0.5) is 5.69 Å². The SMILES string of the molecule is O=CC1CCC(Nc2cccc3c2C(=O)N([C@H]2CCC(=O)NC2=O)C3=O)CC1. The predicted octanol–water partition coefficient (Wildman–Crippen LogP) is 1.26. The molecular weight excluding hydrogens is 362 g/mol. The molecule has 2 fully saturated rings. The molecule has 1 aromatic rings. The molecule has 8 nitrogen and oxygen atoms in total. The van der Waals surface area contributed by atoms with Gasteiger partial charge < -0.3 is 10.1 Å². The number of rotatable bonds is 4. The average molecular weight is 383 g/mol. The minimum Gasteiger partial charge on any atom is -0.382 e. The van der Waals surface area contributed by atoms with Crippen LogP contribution in [0.25, 0.3) is 0 Å². The molecule has 0 bridgehead atoms. The molecule has 1 aromatic carbocycles. The topological polar surface area (TPSA) is 113 Å². The lowest BCUT2D eigenvalue weighted by atomic mass is 9.87. The smallest absolute Gasteiger partial charge is 0.264 e. The van der Waals surface area contributed by atoms with Crippen molar-refractivity contribution in [2.75, 3.05) is 5.32 Å². The van der Waals surface area contributed by atoms with Gasteiger partial charge in [0, 0.05) is 24.1 Å². The number of hydrogen-bond donors (Lipinski definition) is 2. The molecule has 1 aliphatic carbocycles. The Bertz CT molecular complexity index is 873. The van der Waals surface area contributed by atoms with E-state index < -0.39 is 29.7 Å². The fourth-order valence-corrected chi connectivity index (χ4v) is 4.25. The van der Waals surface area contributed by atoms with Crippen molar-refractivity contribution in [1.29, 1.82) is 0 Å². The molecule has 1 atom stereocenters. The van der Waals surface area contributed by atoms with Crippen molar-refractivity contribution in [3.63, 3.8) is 0 Å². The first kappa shape index (κ1) is 18.3. The van der Waals surface area contributed by atoms with Gasteiger partial charge in [0.2, 0.25) is 11.8 Å². The highest BCUT2D eigenvalue weighted by molar-refractivity contribution is 6.25. The van der Waals surface area contributed by atoms with Gasteiger partial charge in [0.25, 0.3) is 11.8 Å². The van der Waals surface area contributed by atoms with Crippen LogP contribution in [-0.2, 0) is 14.4 Å². The van der Waals surface area contributed by atoms with E-state index in [0.29, 0.717) is 5.69 Å². The van der Waals surface area contributed by atoms with Crippen LogP contribution in [0.2, 0.25) is 0 Å². The molecule has 2 aliphatic heterocycles. The molecule has 4 rings (SSSR count). The third-order valence-electron chi connectivity index (χ3n) is 5.79. The highest BCUT2D eigenvalue weighted by atomic mass is 16.2. The summed E-state index contributed by atoms with van der Waals surface area (Å²) in [6.07, 6.45) is 4.44. The number of nitrogens with one attached hydrogen (secondary N) is 2. The third kappa shape index (κ3) is 3.08. The first-order valence-electron chi connectivity index (χ1n) is 9.56. The highest BCUT2D eigenvalue weighted by Gasteiger charge is 2.45. The molecule has 0 radical (unpaired) electrons. The molecule has 2 N–H and O–H groups in total. The summed E-state index contributed by atoms with van der Waals surface area (Å²) in [4.78, 5) is 61.3. The van der Waals surface area contributed by atoms with E-state index in [-0.39, 0.29) is 35.9 Å². The largest absolute Gasteiger partial charge is 0.382 e. The molecule has 0 unspecified atom stereocenters. The maximum absolute atomic E-state index is 13.0. The number of amides is 4. The molecular formula is C20H21N3O5. The summed E-state index contributed by atoms with van der Waals surface area (Å²) in [5, 5.41) is 5.54. The van der Waals surface area contributed by atoms with Crippen molar-refractivity contribution >= 4 is 35.6 Å². The number of benzene rings is 1. The van der Waals surface area contributed by atoms with Crippen molar-refractivity contribution in [1.82, 2.24) is 10.2 Å². The van der Waals surface area contributed by atoms with Crippen LogP contribution >= 0.6 is 0 Å². The number of anilines is 1. The van der Waals surface area contributed by atoms with Crippen molar-refractivity contribution in [2.45, 2.75) is 50.6 Å². The third-order valence-corrected chi connectivity index (χ3v) is 5.79. The zero-order chi connectivity index (χ0) is 19.8. The Morgan fingerprint density at radius 3 is 2.43 bits per heavy atom. The van der Waals surface area contributed by atoms with Crippen LogP contribution < -0.4 is 10.6 Å². The summed E-state index contributed by atoms with van der Waals surface area (Å²) < 4.78 is 0. The first-order chi connectivity index (χ1) is 13.5. The van der Waals surface area contributed by atoms with Gasteiger partial charge in [-0.2, -0.15) is 0 Å². The van der Waals surface area contributed by atoms with Gasteiger partial charge in [-0.3, -0.25) is 29.4 Å². The zero-order valence-electron chi connectivity index (χ0n) is 15.3. The van der Waals surface area contributed by atoms with Crippen molar-refractivity contribution in [2.24, 2.45) is 5.92 Å². The molecule has 1 saturated heterocycles. The van der Waals surface area contributed by atoms with Crippen LogP contribution in [0, 0.1) is 5.92 Å². The predicted molar refractivity (Wildman–Crippen MR) is 98.5 cm³/mol. The summed E-state index contributed by atoms with van der Waals surface area (Å²) in [6, 6.07) is 4.19. The van der Waals surface area contributed by atoms with E-state index in [4.69, 9.17) is 0 Å². The van der Waals surface area contributed by atoms with Gasteiger partial charge in [0.15, 0.2) is 0 Å².